The summed E-state index contributed by atoms with van der Waals surface area (Å²) in [5.74, 6) is -0.215. The third kappa shape index (κ3) is 5.43. The number of methoxy groups -OCH3 is 1. The van der Waals surface area contributed by atoms with E-state index in [0.717, 1.165) is 10.6 Å². The summed E-state index contributed by atoms with van der Waals surface area (Å²) in [5, 5.41) is 6.21. The number of carbonyl (C=O) groups excluding carboxylic acids is 1. The number of nitrogens with zero attached hydrogens (tertiary/aromatic N) is 1. The van der Waals surface area contributed by atoms with Crippen LogP contribution in [0.3, 0.4) is 0 Å². The number of thiazole rings is 1. The Bertz CT molecular complexity index is 649. The van der Waals surface area contributed by atoms with E-state index in [1.54, 1.807) is 24.6 Å². The smallest absolute Gasteiger partial charge is 0.271 e. The van der Waals surface area contributed by atoms with Gasteiger partial charge in [-0.1, -0.05) is 23.7 Å². The second-order valence-corrected chi connectivity index (χ2v) is 6.51. The summed E-state index contributed by atoms with van der Waals surface area (Å²) < 4.78 is 5.53. The van der Waals surface area contributed by atoms with Gasteiger partial charge in [-0.15, -0.1) is 23.7 Å². The molecular formula is C16H21Cl2N3O2S. The molecule has 8 heteroatoms. The number of halogens is 2. The number of nitrogens with two attached hydrogens (primary N) is 1. The summed E-state index contributed by atoms with van der Waals surface area (Å²) in [6, 6.07) is 7.17. The van der Waals surface area contributed by atoms with Gasteiger partial charge in [0.05, 0.1) is 11.0 Å². The van der Waals surface area contributed by atoms with E-state index in [-0.39, 0.29) is 30.5 Å². The molecule has 5 nitrogen and oxygen atoms in total. The van der Waals surface area contributed by atoms with Gasteiger partial charge in [0.15, 0.2) is 0 Å². The van der Waals surface area contributed by atoms with Crippen molar-refractivity contribution in [1.82, 2.24) is 10.3 Å². The average Bonchev–Trinajstić information content (AvgIpc) is 2.99. The molecular weight excluding hydrogens is 369 g/mol. The van der Waals surface area contributed by atoms with Crippen molar-refractivity contribution in [1.29, 1.82) is 0 Å². The summed E-state index contributed by atoms with van der Waals surface area (Å²) >= 11 is 7.35. The van der Waals surface area contributed by atoms with Crippen LogP contribution in [0.2, 0.25) is 5.02 Å². The van der Waals surface area contributed by atoms with Crippen molar-refractivity contribution in [2.45, 2.75) is 25.5 Å². The molecule has 0 aliphatic heterocycles. The van der Waals surface area contributed by atoms with Crippen LogP contribution in [0.15, 0.2) is 29.6 Å². The van der Waals surface area contributed by atoms with Crippen LogP contribution >= 0.6 is 35.3 Å². The van der Waals surface area contributed by atoms with E-state index in [4.69, 9.17) is 22.1 Å². The molecule has 2 aromatic rings. The van der Waals surface area contributed by atoms with Crippen LogP contribution in [-0.4, -0.2) is 30.6 Å². The number of aromatic nitrogens is 1. The first kappa shape index (κ1) is 20.9. The van der Waals surface area contributed by atoms with Gasteiger partial charge in [-0.3, -0.25) is 4.79 Å². The molecule has 24 heavy (non-hydrogen) atoms. The number of ether oxygens (including phenoxy) is 1. The monoisotopic (exact) mass is 389 g/mol. The number of hydrogen-bond donors (Lipinski definition) is 2. The largest absolute Gasteiger partial charge is 0.375 e. The lowest BCUT2D eigenvalue weighted by atomic mass is 10.0. The molecule has 1 aromatic heterocycles. The molecule has 3 N–H and O–H groups in total. The Morgan fingerprint density at radius 2 is 2.08 bits per heavy atom. The van der Waals surface area contributed by atoms with Gasteiger partial charge in [-0.2, -0.15) is 0 Å². The molecule has 0 saturated carbocycles. The van der Waals surface area contributed by atoms with E-state index >= 15 is 0 Å². The Kier molecular flexibility index (Phi) is 8.66. The molecule has 2 atom stereocenters. The maximum absolute atomic E-state index is 12.3. The molecule has 132 valence electrons. The fourth-order valence-corrected chi connectivity index (χ4v) is 3.21. The highest BCUT2D eigenvalue weighted by atomic mass is 35.5. The zero-order chi connectivity index (χ0) is 16.8. The minimum Gasteiger partial charge on any atom is -0.375 e. The van der Waals surface area contributed by atoms with Gasteiger partial charge < -0.3 is 15.8 Å². The lowest BCUT2D eigenvalue weighted by Gasteiger charge is -2.24. The predicted molar refractivity (Wildman–Crippen MR) is 100 cm³/mol. The summed E-state index contributed by atoms with van der Waals surface area (Å²) in [7, 11) is 1.62. The minimum absolute atomic E-state index is 0. The van der Waals surface area contributed by atoms with Gasteiger partial charge in [0.25, 0.3) is 5.91 Å². The number of nitrogens with one attached hydrogen (secondary N) is 1. The van der Waals surface area contributed by atoms with Crippen LogP contribution in [0, 0.1) is 0 Å². The van der Waals surface area contributed by atoms with Crippen molar-refractivity contribution in [3.05, 3.63) is 50.9 Å². The van der Waals surface area contributed by atoms with Crippen molar-refractivity contribution in [2.24, 2.45) is 5.73 Å². The lowest BCUT2D eigenvalue weighted by molar-refractivity contribution is 0.0643. The van der Waals surface area contributed by atoms with Gasteiger partial charge in [0, 0.05) is 23.9 Å². The van der Waals surface area contributed by atoms with Crippen molar-refractivity contribution < 1.29 is 9.53 Å². The van der Waals surface area contributed by atoms with Crippen LogP contribution in [-0.2, 0) is 11.2 Å². The number of benzene rings is 1. The van der Waals surface area contributed by atoms with E-state index in [2.05, 4.69) is 10.3 Å². The lowest BCUT2D eigenvalue weighted by Crippen LogP contribution is -2.38. The minimum atomic E-state index is -0.265. The van der Waals surface area contributed by atoms with Crippen LogP contribution in [0.5, 0.6) is 0 Å². The molecule has 0 saturated heterocycles. The van der Waals surface area contributed by atoms with Gasteiger partial charge in [0.2, 0.25) is 0 Å². The Balaban J connectivity index is 0.00000288. The first-order chi connectivity index (χ1) is 11.0. The van der Waals surface area contributed by atoms with Crippen LogP contribution in [0.4, 0.5) is 0 Å². The quantitative estimate of drug-likeness (QED) is 0.761. The Morgan fingerprint density at radius 3 is 2.67 bits per heavy atom. The van der Waals surface area contributed by atoms with Crippen molar-refractivity contribution in [3.8, 4) is 0 Å². The van der Waals surface area contributed by atoms with Crippen LogP contribution in [0.1, 0.15) is 34.1 Å². The van der Waals surface area contributed by atoms with E-state index in [1.165, 1.54) is 11.3 Å². The van der Waals surface area contributed by atoms with Crippen molar-refractivity contribution >= 4 is 41.3 Å². The number of carbonyl (C=O) groups is 1. The topological polar surface area (TPSA) is 77.2 Å². The van der Waals surface area contributed by atoms with E-state index in [0.29, 0.717) is 23.7 Å². The molecule has 2 unspecified atom stereocenters. The molecule has 1 aromatic carbocycles. The molecule has 0 aliphatic rings. The second kappa shape index (κ2) is 9.96. The maximum atomic E-state index is 12.3. The summed E-state index contributed by atoms with van der Waals surface area (Å²) in [6.45, 7) is 2.42. The highest BCUT2D eigenvalue weighted by Crippen LogP contribution is 2.23. The second-order valence-electron chi connectivity index (χ2n) is 5.14. The Labute approximate surface area is 157 Å². The maximum Gasteiger partial charge on any atom is 0.271 e. The van der Waals surface area contributed by atoms with Crippen LogP contribution < -0.4 is 11.1 Å². The van der Waals surface area contributed by atoms with Crippen LogP contribution in [0.25, 0.3) is 0 Å². The first-order valence-electron chi connectivity index (χ1n) is 7.28. The van der Waals surface area contributed by atoms with Gasteiger partial charge in [-0.25, -0.2) is 4.98 Å². The fraction of sp³-hybridized carbons (Fsp3) is 0.375. The van der Waals surface area contributed by atoms with Gasteiger partial charge in [0.1, 0.15) is 11.8 Å². The highest BCUT2D eigenvalue weighted by Gasteiger charge is 2.22. The molecule has 1 heterocycles. The third-order valence-corrected chi connectivity index (χ3v) is 4.57. The number of amides is 1. The molecule has 0 aliphatic carbocycles. The first-order valence-corrected chi connectivity index (χ1v) is 8.54. The fourth-order valence-electron chi connectivity index (χ4n) is 2.29. The zero-order valence-corrected chi connectivity index (χ0v) is 15.9. The van der Waals surface area contributed by atoms with Crippen molar-refractivity contribution in [3.63, 3.8) is 0 Å². The third-order valence-electron chi connectivity index (χ3n) is 3.41. The number of rotatable bonds is 7. The molecule has 0 radical (unpaired) electrons. The van der Waals surface area contributed by atoms with E-state index < -0.39 is 0 Å². The van der Waals surface area contributed by atoms with E-state index in [9.17, 15) is 4.79 Å². The molecule has 0 bridgehead atoms. The zero-order valence-electron chi connectivity index (χ0n) is 13.5. The predicted octanol–water partition coefficient (Wildman–Crippen LogP) is 3.23. The summed E-state index contributed by atoms with van der Waals surface area (Å²) in [6.07, 6.45) is 0.414. The summed E-state index contributed by atoms with van der Waals surface area (Å²) in [4.78, 5) is 16.6. The molecule has 2 rings (SSSR count). The highest BCUT2D eigenvalue weighted by molar-refractivity contribution is 7.09. The molecule has 1 amide bonds. The van der Waals surface area contributed by atoms with Gasteiger partial charge in [-0.05, 0) is 31.2 Å². The summed E-state index contributed by atoms with van der Waals surface area (Å²) in [5.41, 5.74) is 6.86. The SMILES string of the molecule is COC(c1ccc(Cl)cc1)C(C)NC(=O)c1csc(CCN)n1.Cl. The average molecular weight is 390 g/mol. The van der Waals surface area contributed by atoms with E-state index in [1.807, 2.05) is 19.1 Å². The standard InChI is InChI=1S/C16H20ClN3O2S.ClH/c1-10(15(22-2)11-3-5-12(17)6-4-11)19-16(21)13-9-23-14(20-13)7-8-18;/h3-6,9-10,15H,7-8,18H2,1-2H3,(H,19,21);1H. The van der Waals surface area contributed by atoms with Gasteiger partial charge >= 0.3 is 0 Å². The molecule has 0 spiro atoms. The number of hydrogen-bond acceptors (Lipinski definition) is 5. The normalized spacial score (nSPS) is 13.0. The Morgan fingerprint density at radius 1 is 1.42 bits per heavy atom. The molecule has 0 fully saturated rings. The van der Waals surface area contributed by atoms with Crippen molar-refractivity contribution in [2.75, 3.05) is 13.7 Å². The Hall–Kier alpha value is -1.18.